The number of hydrogen-bond donors (Lipinski definition) is 0. The summed E-state index contributed by atoms with van der Waals surface area (Å²) in [5.74, 6) is -3.12. The fourth-order valence-corrected chi connectivity index (χ4v) is 2.16. The van der Waals surface area contributed by atoms with Crippen LogP contribution in [0.15, 0.2) is 46.9 Å². The zero-order valence-corrected chi connectivity index (χ0v) is 12.1. The largest absolute Gasteiger partial charge is 0.495 e. The maximum absolute atomic E-state index is 14.6. The predicted octanol–water partition coefficient (Wildman–Crippen LogP) is 4.47. The summed E-state index contributed by atoms with van der Waals surface area (Å²) in [5, 5.41) is 9.11. The third-order valence-corrected chi connectivity index (χ3v) is 3.43. The first kappa shape index (κ1) is 14.5. The van der Waals surface area contributed by atoms with Crippen LogP contribution in [0.2, 0.25) is 0 Å². The molecule has 0 aliphatic carbocycles. The maximum Gasteiger partial charge on any atom is 0.299 e. The lowest BCUT2D eigenvalue weighted by Crippen LogP contribution is -2.17. The predicted molar refractivity (Wildman–Crippen MR) is 74.8 cm³/mol. The van der Waals surface area contributed by atoms with Crippen molar-refractivity contribution in [3.63, 3.8) is 0 Å². The molecule has 0 unspecified atom stereocenters. The monoisotopic (exact) mass is 337 g/mol. The first-order valence-corrected chi connectivity index (χ1v) is 6.51. The van der Waals surface area contributed by atoms with Crippen molar-refractivity contribution in [1.82, 2.24) is 0 Å². The van der Waals surface area contributed by atoms with Crippen LogP contribution >= 0.6 is 15.9 Å². The number of hydrogen-bond acceptors (Lipinski definition) is 2. The Morgan fingerprint density at radius 2 is 1.80 bits per heavy atom. The quantitative estimate of drug-likeness (QED) is 0.827. The minimum atomic E-state index is -3.26. The van der Waals surface area contributed by atoms with Crippen molar-refractivity contribution in [2.45, 2.75) is 5.92 Å². The van der Waals surface area contributed by atoms with Gasteiger partial charge in [-0.05, 0) is 18.2 Å². The Hall–Kier alpha value is -1.93. The summed E-state index contributed by atoms with van der Waals surface area (Å²) in [7, 11) is 1.34. The zero-order chi connectivity index (χ0) is 14.8. The van der Waals surface area contributed by atoms with Gasteiger partial charge in [-0.1, -0.05) is 40.2 Å². The van der Waals surface area contributed by atoms with E-state index in [-0.39, 0.29) is 22.4 Å². The van der Waals surface area contributed by atoms with Crippen LogP contribution in [-0.4, -0.2) is 7.11 Å². The molecule has 0 atom stereocenters. The van der Waals surface area contributed by atoms with Gasteiger partial charge in [0.2, 0.25) is 0 Å². The highest BCUT2D eigenvalue weighted by Crippen LogP contribution is 2.40. The molecule has 0 amide bonds. The van der Waals surface area contributed by atoms with E-state index < -0.39 is 5.92 Å². The van der Waals surface area contributed by atoms with Crippen LogP contribution in [0, 0.1) is 11.3 Å². The number of nitrogens with zero attached hydrogens (tertiary/aromatic N) is 1. The average molecular weight is 338 g/mol. The highest BCUT2D eigenvalue weighted by Gasteiger charge is 2.37. The summed E-state index contributed by atoms with van der Waals surface area (Å²) in [6, 6.07) is 11.7. The molecular weight excluding hydrogens is 328 g/mol. The number of alkyl halides is 2. The molecule has 0 aromatic heterocycles. The first-order valence-electron chi connectivity index (χ1n) is 5.72. The molecule has 2 rings (SSSR count). The first-order chi connectivity index (χ1) is 9.50. The van der Waals surface area contributed by atoms with Crippen LogP contribution in [-0.2, 0) is 5.92 Å². The van der Waals surface area contributed by atoms with Gasteiger partial charge in [0, 0.05) is 15.6 Å². The van der Waals surface area contributed by atoms with E-state index >= 15 is 0 Å². The second-order valence-electron chi connectivity index (χ2n) is 4.08. The number of rotatable bonds is 3. The van der Waals surface area contributed by atoms with E-state index in [1.807, 2.05) is 0 Å². The number of ether oxygens (including phenoxy) is 1. The normalized spacial score (nSPS) is 10.9. The van der Waals surface area contributed by atoms with Gasteiger partial charge in [-0.25, -0.2) is 0 Å². The van der Waals surface area contributed by atoms with Crippen LogP contribution in [0.25, 0.3) is 0 Å². The molecule has 0 heterocycles. The van der Waals surface area contributed by atoms with Crippen molar-refractivity contribution < 1.29 is 13.5 Å². The van der Waals surface area contributed by atoms with Gasteiger partial charge >= 0.3 is 0 Å². The minimum Gasteiger partial charge on any atom is -0.495 e. The molecule has 2 aromatic rings. The van der Waals surface area contributed by atoms with Crippen LogP contribution < -0.4 is 4.74 Å². The Balaban J connectivity index is 2.60. The third kappa shape index (κ3) is 2.52. The molecule has 0 bridgehead atoms. The fourth-order valence-electron chi connectivity index (χ4n) is 1.89. The molecular formula is C15H10BrF2NO. The Morgan fingerprint density at radius 1 is 1.15 bits per heavy atom. The van der Waals surface area contributed by atoms with E-state index in [1.54, 1.807) is 6.07 Å². The number of halogens is 3. The molecule has 0 N–H and O–H groups in total. The van der Waals surface area contributed by atoms with Crippen molar-refractivity contribution in [3.8, 4) is 11.8 Å². The summed E-state index contributed by atoms with van der Waals surface area (Å²) in [5.41, 5.74) is -0.685. The van der Waals surface area contributed by atoms with E-state index in [0.29, 0.717) is 4.47 Å². The van der Waals surface area contributed by atoms with Gasteiger partial charge in [0.05, 0.1) is 7.11 Å². The Morgan fingerprint density at radius 3 is 2.35 bits per heavy atom. The van der Waals surface area contributed by atoms with Crippen molar-refractivity contribution in [2.24, 2.45) is 0 Å². The van der Waals surface area contributed by atoms with E-state index in [0.717, 1.165) is 0 Å². The molecule has 0 radical (unpaired) electrons. The molecule has 0 fully saturated rings. The number of benzene rings is 2. The topological polar surface area (TPSA) is 33.0 Å². The summed E-state index contributed by atoms with van der Waals surface area (Å²) in [6.45, 7) is 0. The lowest BCUT2D eigenvalue weighted by molar-refractivity contribution is 0.0423. The molecule has 5 heteroatoms. The molecule has 20 heavy (non-hydrogen) atoms. The van der Waals surface area contributed by atoms with Crippen LogP contribution in [0.4, 0.5) is 8.78 Å². The van der Waals surface area contributed by atoms with Gasteiger partial charge in [-0.15, -0.1) is 0 Å². The highest BCUT2D eigenvalue weighted by molar-refractivity contribution is 9.10. The summed E-state index contributed by atoms with van der Waals surface area (Å²) in [4.78, 5) is 0. The maximum atomic E-state index is 14.6. The minimum absolute atomic E-state index is 0.141. The molecule has 0 aliphatic heterocycles. The molecule has 0 saturated heterocycles. The smallest absolute Gasteiger partial charge is 0.299 e. The Kier molecular flexibility index (Phi) is 4.05. The molecule has 2 nitrogen and oxygen atoms in total. The van der Waals surface area contributed by atoms with Crippen molar-refractivity contribution in [1.29, 1.82) is 5.26 Å². The third-order valence-electron chi connectivity index (χ3n) is 2.90. The SMILES string of the molecule is COc1cccc(C(F)(F)c2ccc(Br)cc2)c1C#N. The summed E-state index contributed by atoms with van der Waals surface area (Å²) < 4.78 is 34.8. The van der Waals surface area contributed by atoms with Crippen LogP contribution in [0.5, 0.6) is 5.75 Å². The molecule has 0 saturated carbocycles. The fraction of sp³-hybridized carbons (Fsp3) is 0.133. The van der Waals surface area contributed by atoms with E-state index in [4.69, 9.17) is 10.00 Å². The standard InChI is InChI=1S/C15H10BrF2NO/c1-20-14-4-2-3-13(12(14)9-19)15(17,18)10-5-7-11(16)8-6-10/h2-8H,1H3. The van der Waals surface area contributed by atoms with E-state index in [1.165, 1.54) is 49.6 Å². The highest BCUT2D eigenvalue weighted by atomic mass is 79.9. The number of nitriles is 1. The second kappa shape index (κ2) is 5.59. The van der Waals surface area contributed by atoms with Crippen molar-refractivity contribution >= 4 is 15.9 Å². The summed E-state index contributed by atoms with van der Waals surface area (Å²) in [6.07, 6.45) is 0. The Bertz CT molecular complexity index is 663. The molecule has 0 spiro atoms. The molecule has 0 aliphatic rings. The van der Waals surface area contributed by atoms with Crippen molar-refractivity contribution in [3.05, 3.63) is 63.6 Å². The summed E-state index contributed by atoms with van der Waals surface area (Å²) >= 11 is 3.20. The van der Waals surface area contributed by atoms with Gasteiger partial charge in [0.1, 0.15) is 17.4 Å². The second-order valence-corrected chi connectivity index (χ2v) is 4.99. The average Bonchev–Trinajstić information content (AvgIpc) is 2.46. The number of methoxy groups -OCH3 is 1. The lowest BCUT2D eigenvalue weighted by Gasteiger charge is -2.19. The van der Waals surface area contributed by atoms with Crippen LogP contribution in [0.1, 0.15) is 16.7 Å². The lowest BCUT2D eigenvalue weighted by atomic mass is 9.95. The van der Waals surface area contributed by atoms with E-state index in [2.05, 4.69) is 15.9 Å². The van der Waals surface area contributed by atoms with Gasteiger partial charge in [0.15, 0.2) is 0 Å². The Labute approximate surface area is 123 Å². The van der Waals surface area contributed by atoms with Crippen molar-refractivity contribution in [2.75, 3.05) is 7.11 Å². The van der Waals surface area contributed by atoms with Gasteiger partial charge in [0.25, 0.3) is 5.92 Å². The van der Waals surface area contributed by atoms with Gasteiger partial charge in [-0.2, -0.15) is 14.0 Å². The van der Waals surface area contributed by atoms with Crippen LogP contribution in [0.3, 0.4) is 0 Å². The molecule has 2 aromatic carbocycles. The van der Waals surface area contributed by atoms with Gasteiger partial charge < -0.3 is 4.74 Å². The molecule has 102 valence electrons. The zero-order valence-electron chi connectivity index (χ0n) is 10.5. The van der Waals surface area contributed by atoms with Gasteiger partial charge in [-0.3, -0.25) is 0 Å². The van der Waals surface area contributed by atoms with E-state index in [9.17, 15) is 8.78 Å².